The number of methoxy groups -OCH3 is 2. The van der Waals surface area contributed by atoms with Crippen LogP contribution in [0.4, 0.5) is 0 Å². The minimum Gasteiger partial charge on any atom is -0.493 e. The lowest BCUT2D eigenvalue weighted by Gasteiger charge is -2.13. The first-order chi connectivity index (χ1) is 14.1. The zero-order valence-electron chi connectivity index (χ0n) is 16.5. The normalized spacial score (nSPS) is 11.4. The van der Waals surface area contributed by atoms with Gasteiger partial charge in [-0.15, -0.1) is 0 Å². The Morgan fingerprint density at radius 3 is 2.38 bits per heavy atom. The van der Waals surface area contributed by atoms with Crippen LogP contribution in [0.5, 0.6) is 11.5 Å². The minimum absolute atomic E-state index is 0.281. The summed E-state index contributed by atoms with van der Waals surface area (Å²) in [6, 6.07) is 19.2. The molecule has 146 valence electrons. The topological polar surface area (TPSA) is 97.9 Å². The van der Waals surface area contributed by atoms with Crippen LogP contribution < -0.4 is 20.8 Å². The zero-order chi connectivity index (χ0) is 20.8. The predicted octanol–water partition coefficient (Wildman–Crippen LogP) is 3.01. The summed E-state index contributed by atoms with van der Waals surface area (Å²) < 4.78 is 12.2. The summed E-state index contributed by atoms with van der Waals surface area (Å²) in [7, 11) is 3.16. The molecule has 0 aliphatic carbocycles. The molecule has 0 bridgehead atoms. The molecule has 0 atom stereocenters. The average Bonchev–Trinajstić information content (AvgIpc) is 2.77. The van der Waals surface area contributed by atoms with Gasteiger partial charge in [0.1, 0.15) is 11.6 Å². The van der Waals surface area contributed by atoms with Gasteiger partial charge in [0.05, 0.1) is 26.1 Å². The molecule has 0 aliphatic rings. The lowest BCUT2D eigenvalue weighted by atomic mass is 10.1. The SMILES string of the molecule is COc1ccc(/C=N/n2c(-c3ccccc3)cc(C)c(C#N)/c2=N\N)cc1OC. The van der Waals surface area contributed by atoms with Crippen LogP contribution in [-0.4, -0.2) is 25.1 Å². The Balaban J connectivity index is 2.20. The number of pyridine rings is 1. The van der Waals surface area contributed by atoms with Crippen molar-refractivity contribution < 1.29 is 9.47 Å². The third-order valence-corrected chi connectivity index (χ3v) is 4.43. The summed E-state index contributed by atoms with van der Waals surface area (Å²) >= 11 is 0. The molecule has 0 fully saturated rings. The van der Waals surface area contributed by atoms with Gasteiger partial charge in [0.2, 0.25) is 0 Å². The number of nitrogens with two attached hydrogens (primary N) is 1. The van der Waals surface area contributed by atoms with Crippen LogP contribution in [0.2, 0.25) is 0 Å². The van der Waals surface area contributed by atoms with Crippen molar-refractivity contribution in [1.82, 2.24) is 4.68 Å². The molecule has 0 radical (unpaired) electrons. The van der Waals surface area contributed by atoms with E-state index >= 15 is 0 Å². The Morgan fingerprint density at radius 1 is 1.03 bits per heavy atom. The summed E-state index contributed by atoms with van der Waals surface area (Å²) in [5, 5.41) is 18.0. The quantitative estimate of drug-likeness (QED) is 0.413. The Kier molecular flexibility index (Phi) is 5.95. The molecule has 0 spiro atoms. The summed E-state index contributed by atoms with van der Waals surface area (Å²) in [6.07, 6.45) is 1.65. The van der Waals surface area contributed by atoms with Crippen molar-refractivity contribution in [3.63, 3.8) is 0 Å². The Hall–Kier alpha value is -4.05. The molecular weight excluding hydrogens is 366 g/mol. The number of ether oxygens (including phenoxy) is 2. The van der Waals surface area contributed by atoms with Crippen LogP contribution in [0.25, 0.3) is 11.3 Å². The molecule has 1 heterocycles. The molecule has 2 N–H and O–H groups in total. The van der Waals surface area contributed by atoms with Crippen LogP contribution >= 0.6 is 0 Å². The lowest BCUT2D eigenvalue weighted by Crippen LogP contribution is -2.25. The first kappa shape index (κ1) is 19.7. The summed E-state index contributed by atoms with van der Waals surface area (Å²) in [6.45, 7) is 1.85. The standard InChI is InChI=1S/C22H21N5O2/c1-15-11-19(17-7-5-4-6-8-17)27(22(26-24)18(15)13-23)25-14-16-9-10-20(28-2)21(12-16)29-3/h4-12,14H,24H2,1-3H3/b25-14+,26-22+. The van der Waals surface area contributed by atoms with Crippen molar-refractivity contribution in [2.45, 2.75) is 6.92 Å². The van der Waals surface area contributed by atoms with Crippen LogP contribution in [0.1, 0.15) is 16.7 Å². The zero-order valence-corrected chi connectivity index (χ0v) is 16.5. The fourth-order valence-electron chi connectivity index (χ4n) is 2.98. The van der Waals surface area contributed by atoms with E-state index in [1.54, 1.807) is 31.2 Å². The van der Waals surface area contributed by atoms with Crippen LogP contribution in [0, 0.1) is 18.3 Å². The highest BCUT2D eigenvalue weighted by molar-refractivity contribution is 5.81. The monoisotopic (exact) mass is 387 g/mol. The molecule has 0 saturated carbocycles. The fourth-order valence-corrected chi connectivity index (χ4v) is 2.98. The number of aromatic nitrogens is 1. The first-order valence-electron chi connectivity index (χ1n) is 8.85. The number of aryl methyl sites for hydroxylation is 1. The molecule has 3 aromatic rings. The van der Waals surface area contributed by atoms with E-state index in [1.807, 2.05) is 55.5 Å². The number of hydrogen-bond acceptors (Lipinski definition) is 6. The summed E-state index contributed by atoms with van der Waals surface area (Å²) in [5.41, 5.74) is 3.90. The van der Waals surface area contributed by atoms with Crippen molar-refractivity contribution in [3.8, 4) is 28.8 Å². The van der Waals surface area contributed by atoms with Gasteiger partial charge in [-0.05, 0) is 42.3 Å². The molecular formula is C22H21N5O2. The van der Waals surface area contributed by atoms with Crippen molar-refractivity contribution in [1.29, 1.82) is 5.26 Å². The molecule has 1 aromatic heterocycles. The highest BCUT2D eigenvalue weighted by Crippen LogP contribution is 2.27. The second-order valence-electron chi connectivity index (χ2n) is 6.19. The number of nitrogens with zero attached hydrogens (tertiary/aromatic N) is 4. The van der Waals surface area contributed by atoms with Gasteiger partial charge < -0.3 is 15.3 Å². The van der Waals surface area contributed by atoms with Crippen molar-refractivity contribution in [2.75, 3.05) is 14.2 Å². The van der Waals surface area contributed by atoms with Gasteiger partial charge in [0.25, 0.3) is 0 Å². The molecule has 7 heteroatoms. The Morgan fingerprint density at radius 2 is 1.76 bits per heavy atom. The highest BCUT2D eigenvalue weighted by Gasteiger charge is 2.12. The average molecular weight is 387 g/mol. The largest absolute Gasteiger partial charge is 0.493 e. The second-order valence-corrected chi connectivity index (χ2v) is 6.19. The number of benzene rings is 2. The maximum atomic E-state index is 9.57. The molecule has 3 rings (SSSR count). The molecule has 29 heavy (non-hydrogen) atoms. The first-order valence-corrected chi connectivity index (χ1v) is 8.85. The molecule has 0 unspecified atom stereocenters. The molecule has 0 saturated heterocycles. The molecule has 7 nitrogen and oxygen atoms in total. The van der Waals surface area contributed by atoms with Gasteiger partial charge in [-0.1, -0.05) is 30.3 Å². The minimum atomic E-state index is 0.281. The Bertz CT molecular complexity index is 1160. The van der Waals surface area contributed by atoms with Crippen LogP contribution in [0.3, 0.4) is 0 Å². The van der Waals surface area contributed by atoms with Crippen molar-refractivity contribution in [2.24, 2.45) is 16.0 Å². The Labute approximate surface area is 168 Å². The smallest absolute Gasteiger partial charge is 0.191 e. The van der Waals surface area contributed by atoms with E-state index in [1.165, 1.54) is 0 Å². The lowest BCUT2D eigenvalue weighted by molar-refractivity contribution is 0.355. The van der Waals surface area contributed by atoms with Gasteiger partial charge in [-0.25, -0.2) is 4.68 Å². The van der Waals surface area contributed by atoms with Crippen LogP contribution in [0.15, 0.2) is 64.8 Å². The van der Waals surface area contributed by atoms with E-state index in [9.17, 15) is 5.26 Å². The van der Waals surface area contributed by atoms with Crippen molar-refractivity contribution >= 4 is 6.21 Å². The number of nitriles is 1. The van der Waals surface area contributed by atoms with E-state index < -0.39 is 0 Å². The van der Waals surface area contributed by atoms with E-state index in [0.29, 0.717) is 17.1 Å². The van der Waals surface area contributed by atoms with E-state index in [-0.39, 0.29) is 5.49 Å². The van der Waals surface area contributed by atoms with E-state index in [2.05, 4.69) is 16.3 Å². The molecule has 0 aliphatic heterocycles. The highest BCUT2D eigenvalue weighted by atomic mass is 16.5. The summed E-state index contributed by atoms with van der Waals surface area (Å²) in [4.78, 5) is 0. The third kappa shape index (κ3) is 3.96. The maximum Gasteiger partial charge on any atom is 0.191 e. The van der Waals surface area contributed by atoms with Crippen molar-refractivity contribution in [3.05, 3.63) is 76.8 Å². The maximum absolute atomic E-state index is 9.57. The van der Waals surface area contributed by atoms with Gasteiger partial charge in [-0.3, -0.25) is 0 Å². The second kappa shape index (κ2) is 8.76. The van der Waals surface area contributed by atoms with E-state index in [0.717, 1.165) is 22.4 Å². The predicted molar refractivity (Wildman–Crippen MR) is 112 cm³/mol. The summed E-state index contributed by atoms with van der Waals surface area (Å²) in [5.74, 6) is 6.86. The number of rotatable bonds is 5. The van der Waals surface area contributed by atoms with E-state index in [4.69, 9.17) is 15.3 Å². The van der Waals surface area contributed by atoms with Gasteiger partial charge in [0, 0.05) is 5.56 Å². The molecule has 2 aromatic carbocycles. The number of hydrogen-bond donors (Lipinski definition) is 1. The fraction of sp³-hybridized carbons (Fsp3) is 0.136. The van der Waals surface area contributed by atoms with Gasteiger partial charge in [-0.2, -0.15) is 15.5 Å². The van der Waals surface area contributed by atoms with Gasteiger partial charge >= 0.3 is 0 Å². The third-order valence-electron chi connectivity index (χ3n) is 4.43. The molecule has 0 amide bonds. The van der Waals surface area contributed by atoms with Gasteiger partial charge in [0.15, 0.2) is 17.0 Å². The van der Waals surface area contributed by atoms with Crippen LogP contribution in [-0.2, 0) is 0 Å².